The van der Waals surface area contributed by atoms with Gasteiger partial charge in [-0.05, 0) is 24.1 Å². The van der Waals surface area contributed by atoms with Crippen LogP contribution in [0.4, 0.5) is 0 Å². The zero-order valence-electron chi connectivity index (χ0n) is 12.0. The van der Waals surface area contributed by atoms with Gasteiger partial charge in [0.2, 0.25) is 15.9 Å². The third-order valence-electron chi connectivity index (χ3n) is 3.55. The van der Waals surface area contributed by atoms with Gasteiger partial charge in [0.15, 0.2) is 0 Å². The van der Waals surface area contributed by atoms with Gasteiger partial charge in [-0.3, -0.25) is 4.79 Å². The van der Waals surface area contributed by atoms with Crippen molar-refractivity contribution in [3.05, 3.63) is 34.9 Å². The number of hydrogen-bond donors (Lipinski definition) is 0. The molecule has 21 heavy (non-hydrogen) atoms. The second-order valence-corrected chi connectivity index (χ2v) is 7.62. The van der Waals surface area contributed by atoms with E-state index in [1.165, 1.54) is 10.6 Å². The predicted octanol–water partition coefficient (Wildman–Crippen LogP) is 1.38. The third-order valence-corrected chi connectivity index (χ3v) is 5.10. The van der Waals surface area contributed by atoms with Crippen LogP contribution in [0.25, 0.3) is 0 Å². The third kappa shape index (κ3) is 4.69. The van der Waals surface area contributed by atoms with Gasteiger partial charge in [0.1, 0.15) is 0 Å². The Bertz CT molecular complexity index is 601. The van der Waals surface area contributed by atoms with E-state index in [-0.39, 0.29) is 5.91 Å². The second-order valence-electron chi connectivity index (χ2n) is 5.20. The molecule has 7 heteroatoms. The van der Waals surface area contributed by atoms with Crippen molar-refractivity contribution in [2.45, 2.75) is 12.8 Å². The quantitative estimate of drug-likeness (QED) is 0.841. The fraction of sp³-hybridized carbons (Fsp3) is 0.500. The topological polar surface area (TPSA) is 57.7 Å². The lowest BCUT2D eigenvalue weighted by atomic mass is 10.1. The van der Waals surface area contributed by atoms with Gasteiger partial charge in [-0.25, -0.2) is 12.7 Å². The number of sulfonamides is 1. The maximum absolute atomic E-state index is 12.3. The van der Waals surface area contributed by atoms with Crippen LogP contribution < -0.4 is 0 Å². The van der Waals surface area contributed by atoms with E-state index in [0.717, 1.165) is 5.56 Å². The van der Waals surface area contributed by atoms with Crippen molar-refractivity contribution in [3.8, 4) is 0 Å². The molecule has 116 valence electrons. The minimum absolute atomic E-state index is 0.0210. The summed E-state index contributed by atoms with van der Waals surface area (Å²) >= 11 is 5.82. The van der Waals surface area contributed by atoms with Crippen LogP contribution in [-0.2, 0) is 21.2 Å². The van der Waals surface area contributed by atoms with Crippen molar-refractivity contribution in [3.63, 3.8) is 0 Å². The van der Waals surface area contributed by atoms with E-state index >= 15 is 0 Å². The van der Waals surface area contributed by atoms with Crippen molar-refractivity contribution in [1.29, 1.82) is 0 Å². The number of hydrogen-bond acceptors (Lipinski definition) is 3. The lowest BCUT2D eigenvalue weighted by molar-refractivity contribution is -0.130. The Morgan fingerprint density at radius 2 is 1.81 bits per heavy atom. The van der Waals surface area contributed by atoms with Gasteiger partial charge in [-0.2, -0.15) is 0 Å². The summed E-state index contributed by atoms with van der Waals surface area (Å²) < 4.78 is 24.5. The van der Waals surface area contributed by atoms with Crippen molar-refractivity contribution in [2.24, 2.45) is 0 Å². The fourth-order valence-electron chi connectivity index (χ4n) is 2.36. The molecular weight excluding hydrogens is 312 g/mol. The predicted molar refractivity (Wildman–Crippen MR) is 82.8 cm³/mol. The highest BCUT2D eigenvalue weighted by molar-refractivity contribution is 7.88. The number of benzene rings is 1. The number of nitrogens with zero attached hydrogens (tertiary/aromatic N) is 2. The molecule has 1 aromatic rings. The van der Waals surface area contributed by atoms with E-state index in [1.807, 2.05) is 12.1 Å². The molecule has 1 heterocycles. The Labute approximate surface area is 130 Å². The van der Waals surface area contributed by atoms with E-state index in [1.54, 1.807) is 17.0 Å². The molecule has 1 amide bonds. The molecule has 1 aromatic carbocycles. The van der Waals surface area contributed by atoms with E-state index in [9.17, 15) is 13.2 Å². The van der Waals surface area contributed by atoms with Gasteiger partial charge in [0.05, 0.1) is 12.7 Å². The zero-order valence-corrected chi connectivity index (χ0v) is 13.5. The Morgan fingerprint density at radius 3 is 2.43 bits per heavy atom. The molecule has 0 aromatic heterocycles. The normalized spacial score (nSPS) is 17.5. The molecule has 1 aliphatic heterocycles. The van der Waals surface area contributed by atoms with Crippen molar-refractivity contribution >= 4 is 27.5 Å². The average molecular weight is 331 g/mol. The van der Waals surface area contributed by atoms with E-state index in [2.05, 4.69) is 0 Å². The van der Waals surface area contributed by atoms with E-state index in [4.69, 9.17) is 11.6 Å². The standard InChI is InChI=1S/C14H19ClN2O3S/c1-21(19,20)17-8-2-7-16(9-10-17)14(18)11-12-3-5-13(15)6-4-12/h3-6H,2,7-11H2,1H3. The van der Waals surface area contributed by atoms with Gasteiger partial charge >= 0.3 is 0 Å². The second kappa shape index (κ2) is 6.77. The lowest BCUT2D eigenvalue weighted by Crippen LogP contribution is -2.37. The summed E-state index contributed by atoms with van der Waals surface area (Å²) in [6.45, 7) is 1.88. The smallest absolute Gasteiger partial charge is 0.227 e. The highest BCUT2D eigenvalue weighted by Crippen LogP contribution is 2.12. The molecule has 0 N–H and O–H groups in total. The van der Waals surface area contributed by atoms with Gasteiger partial charge < -0.3 is 4.90 Å². The van der Waals surface area contributed by atoms with Gasteiger partial charge in [-0.1, -0.05) is 23.7 Å². The molecule has 0 unspecified atom stereocenters. The molecule has 0 spiro atoms. The van der Waals surface area contributed by atoms with Gasteiger partial charge in [-0.15, -0.1) is 0 Å². The van der Waals surface area contributed by atoms with Crippen LogP contribution in [0.1, 0.15) is 12.0 Å². The van der Waals surface area contributed by atoms with Crippen LogP contribution >= 0.6 is 11.6 Å². The summed E-state index contributed by atoms with van der Waals surface area (Å²) in [6, 6.07) is 7.19. The van der Waals surface area contributed by atoms with Crippen LogP contribution in [0.15, 0.2) is 24.3 Å². The molecule has 1 fully saturated rings. The molecule has 0 radical (unpaired) electrons. The minimum Gasteiger partial charge on any atom is -0.341 e. The van der Waals surface area contributed by atoms with Crippen LogP contribution in [0.3, 0.4) is 0 Å². The first kappa shape index (κ1) is 16.3. The summed E-state index contributed by atoms with van der Waals surface area (Å²) in [5, 5.41) is 0.643. The molecule has 1 aliphatic rings. The summed E-state index contributed by atoms with van der Waals surface area (Å²) in [6.07, 6.45) is 2.19. The number of rotatable bonds is 3. The summed E-state index contributed by atoms with van der Waals surface area (Å²) in [5.41, 5.74) is 0.911. The SMILES string of the molecule is CS(=O)(=O)N1CCCN(C(=O)Cc2ccc(Cl)cc2)CC1. The first-order valence-electron chi connectivity index (χ1n) is 6.83. The molecule has 0 saturated carbocycles. The number of halogens is 1. The van der Waals surface area contributed by atoms with Crippen LogP contribution in [0.2, 0.25) is 5.02 Å². The van der Waals surface area contributed by atoms with Crippen molar-refractivity contribution in [1.82, 2.24) is 9.21 Å². The maximum Gasteiger partial charge on any atom is 0.227 e. The summed E-state index contributed by atoms with van der Waals surface area (Å²) in [4.78, 5) is 14.0. The molecular formula is C14H19ClN2O3S. The Kier molecular flexibility index (Phi) is 5.24. The Hall–Kier alpha value is -1.11. The molecule has 2 rings (SSSR count). The molecule has 1 saturated heterocycles. The van der Waals surface area contributed by atoms with Crippen molar-refractivity contribution in [2.75, 3.05) is 32.4 Å². The van der Waals surface area contributed by atoms with Crippen molar-refractivity contribution < 1.29 is 13.2 Å². The summed E-state index contributed by atoms with van der Waals surface area (Å²) in [5.74, 6) is 0.0210. The van der Waals surface area contributed by atoms with Crippen LogP contribution in [-0.4, -0.2) is 56.0 Å². The average Bonchev–Trinajstić information content (AvgIpc) is 2.67. The molecule has 0 atom stereocenters. The van der Waals surface area contributed by atoms with Crippen LogP contribution in [0, 0.1) is 0 Å². The minimum atomic E-state index is -3.18. The highest BCUT2D eigenvalue weighted by atomic mass is 35.5. The van der Waals surface area contributed by atoms with E-state index < -0.39 is 10.0 Å². The Morgan fingerprint density at radius 1 is 1.14 bits per heavy atom. The molecule has 5 nitrogen and oxygen atoms in total. The number of carbonyl (C=O) groups is 1. The fourth-order valence-corrected chi connectivity index (χ4v) is 3.36. The zero-order chi connectivity index (χ0) is 15.5. The highest BCUT2D eigenvalue weighted by Gasteiger charge is 2.23. The van der Waals surface area contributed by atoms with E-state index in [0.29, 0.717) is 44.0 Å². The number of carbonyl (C=O) groups excluding carboxylic acids is 1. The lowest BCUT2D eigenvalue weighted by Gasteiger charge is -2.21. The first-order chi connectivity index (χ1) is 9.86. The van der Waals surface area contributed by atoms with Crippen LogP contribution in [0.5, 0.6) is 0 Å². The monoisotopic (exact) mass is 330 g/mol. The first-order valence-corrected chi connectivity index (χ1v) is 9.06. The largest absolute Gasteiger partial charge is 0.341 e. The Balaban J connectivity index is 1.95. The number of amides is 1. The van der Waals surface area contributed by atoms with Gasteiger partial charge in [0, 0.05) is 31.2 Å². The maximum atomic E-state index is 12.3. The molecule has 0 aliphatic carbocycles. The molecule has 0 bridgehead atoms. The van der Waals surface area contributed by atoms with Gasteiger partial charge in [0.25, 0.3) is 0 Å². The summed E-state index contributed by atoms with van der Waals surface area (Å²) in [7, 11) is -3.18.